The SMILES string of the molecule is Cc1ccc(-c2ccc3c(c2)c2ccccc2n3-c2cc(-c3ccc(C(F)(F)F)cc3C(F)(F)F)cc(-n3c4ccccc4c4cc(-c5ccc(C)cc5)ccc43)c2C#N)cc1. The van der Waals surface area contributed by atoms with Crippen molar-refractivity contribution in [3.8, 4) is 50.8 Å². The van der Waals surface area contributed by atoms with E-state index in [4.69, 9.17) is 0 Å². The summed E-state index contributed by atoms with van der Waals surface area (Å²) in [5.74, 6) is 0. The predicted molar refractivity (Wildman–Crippen MR) is 236 cm³/mol. The van der Waals surface area contributed by atoms with Gasteiger partial charge in [-0.05, 0) is 108 Å². The molecule has 2 heterocycles. The third-order valence-electron chi connectivity index (χ3n) is 11.8. The number of halogens is 6. The highest BCUT2D eigenvalue weighted by Crippen LogP contribution is 2.45. The zero-order valence-corrected chi connectivity index (χ0v) is 33.2. The minimum atomic E-state index is -5.15. The van der Waals surface area contributed by atoms with Crippen LogP contribution in [0.2, 0.25) is 0 Å². The zero-order valence-electron chi connectivity index (χ0n) is 33.2. The summed E-state index contributed by atoms with van der Waals surface area (Å²) in [4.78, 5) is 0. The van der Waals surface area contributed by atoms with Gasteiger partial charge in [-0.2, -0.15) is 31.6 Å². The third kappa shape index (κ3) is 6.38. The predicted octanol–water partition coefficient (Wildman–Crippen LogP) is 15.4. The Hall–Kier alpha value is -7.57. The molecule has 0 saturated heterocycles. The lowest BCUT2D eigenvalue weighted by atomic mass is 9.94. The van der Waals surface area contributed by atoms with Crippen LogP contribution in [0.15, 0.2) is 164 Å². The Morgan fingerprint density at radius 2 is 0.855 bits per heavy atom. The number of fused-ring (bicyclic) bond motifs is 6. The lowest BCUT2D eigenvalue weighted by Gasteiger charge is -2.21. The summed E-state index contributed by atoms with van der Waals surface area (Å²) < 4.78 is 90.7. The van der Waals surface area contributed by atoms with Gasteiger partial charge in [0, 0.05) is 21.5 Å². The first-order chi connectivity index (χ1) is 29.8. The van der Waals surface area contributed by atoms with Crippen LogP contribution in [-0.4, -0.2) is 9.13 Å². The lowest BCUT2D eigenvalue weighted by Crippen LogP contribution is -2.12. The van der Waals surface area contributed by atoms with Crippen LogP contribution >= 0.6 is 0 Å². The van der Waals surface area contributed by atoms with Crippen LogP contribution in [0.1, 0.15) is 27.8 Å². The molecule has 0 fully saturated rings. The van der Waals surface area contributed by atoms with Gasteiger partial charge >= 0.3 is 12.4 Å². The topological polar surface area (TPSA) is 33.6 Å². The molecule has 302 valence electrons. The number of hydrogen-bond donors (Lipinski definition) is 0. The number of benzene rings is 8. The summed E-state index contributed by atoms with van der Waals surface area (Å²) in [5.41, 5.74) is 6.25. The van der Waals surface area contributed by atoms with Gasteiger partial charge in [-0.25, -0.2) is 0 Å². The molecule has 0 aliphatic carbocycles. The van der Waals surface area contributed by atoms with Crippen molar-refractivity contribution in [2.75, 3.05) is 0 Å². The fraction of sp³-hybridized carbons (Fsp3) is 0.0755. The molecule has 8 aromatic carbocycles. The van der Waals surface area contributed by atoms with E-state index in [9.17, 15) is 31.6 Å². The van der Waals surface area contributed by atoms with E-state index in [0.717, 1.165) is 61.0 Å². The molecule has 0 unspecified atom stereocenters. The van der Waals surface area contributed by atoms with Crippen LogP contribution in [0.5, 0.6) is 0 Å². The smallest absolute Gasteiger partial charge is 0.308 e. The number of para-hydroxylation sites is 2. The van der Waals surface area contributed by atoms with Crippen molar-refractivity contribution in [3.05, 3.63) is 192 Å². The van der Waals surface area contributed by atoms with Crippen LogP contribution in [0.25, 0.3) is 88.4 Å². The molecule has 9 heteroatoms. The van der Waals surface area contributed by atoms with Crippen molar-refractivity contribution in [1.29, 1.82) is 5.26 Å². The molecule has 0 atom stereocenters. The average Bonchev–Trinajstić information content (AvgIpc) is 3.77. The van der Waals surface area contributed by atoms with Crippen molar-refractivity contribution in [2.24, 2.45) is 0 Å². The Bertz CT molecular complexity index is 3270. The van der Waals surface area contributed by atoms with Crippen LogP contribution in [0.3, 0.4) is 0 Å². The van der Waals surface area contributed by atoms with Gasteiger partial charge in [0.05, 0.1) is 44.6 Å². The molecule has 0 N–H and O–H groups in total. The number of aryl methyl sites for hydroxylation is 2. The van der Waals surface area contributed by atoms with Crippen LogP contribution in [-0.2, 0) is 12.4 Å². The van der Waals surface area contributed by atoms with Gasteiger partial charge in [-0.1, -0.05) is 114 Å². The minimum Gasteiger partial charge on any atom is -0.308 e. The first-order valence-corrected chi connectivity index (χ1v) is 19.9. The van der Waals surface area contributed by atoms with Crippen molar-refractivity contribution < 1.29 is 26.3 Å². The van der Waals surface area contributed by atoms with E-state index in [1.54, 1.807) is 0 Å². The lowest BCUT2D eigenvalue weighted by molar-refractivity contribution is -0.142. The number of hydrogen-bond acceptors (Lipinski definition) is 1. The number of alkyl halides is 6. The van der Waals surface area contributed by atoms with Gasteiger partial charge in [-0.15, -0.1) is 0 Å². The second-order valence-corrected chi connectivity index (χ2v) is 15.7. The Balaban J connectivity index is 1.32. The van der Waals surface area contributed by atoms with Crippen molar-refractivity contribution in [2.45, 2.75) is 26.2 Å². The molecule has 2 aromatic heterocycles. The number of aromatic nitrogens is 2. The second-order valence-electron chi connectivity index (χ2n) is 15.7. The first kappa shape index (κ1) is 38.6. The summed E-state index contributed by atoms with van der Waals surface area (Å²) in [5, 5.41) is 14.7. The molecule has 0 spiro atoms. The third-order valence-corrected chi connectivity index (χ3v) is 11.8. The van der Waals surface area contributed by atoms with E-state index < -0.39 is 29.0 Å². The molecule has 62 heavy (non-hydrogen) atoms. The zero-order chi connectivity index (χ0) is 43.1. The van der Waals surface area contributed by atoms with E-state index in [0.29, 0.717) is 28.1 Å². The molecule has 10 rings (SSSR count). The molecular formula is C53H33F6N3. The molecule has 0 saturated carbocycles. The number of nitrogens with zero attached hydrogens (tertiary/aromatic N) is 3. The molecule has 0 amide bonds. The van der Waals surface area contributed by atoms with Gasteiger partial charge in [0.15, 0.2) is 0 Å². The summed E-state index contributed by atoms with van der Waals surface area (Å²) in [6.07, 6.45) is -10.2. The molecule has 0 aliphatic heterocycles. The molecule has 0 aliphatic rings. The Morgan fingerprint density at radius 1 is 0.419 bits per heavy atom. The van der Waals surface area contributed by atoms with Crippen LogP contribution in [0.4, 0.5) is 26.3 Å². The number of nitriles is 1. The van der Waals surface area contributed by atoms with Gasteiger partial charge < -0.3 is 9.13 Å². The van der Waals surface area contributed by atoms with Crippen LogP contribution in [0, 0.1) is 25.2 Å². The molecule has 0 bridgehead atoms. The van der Waals surface area contributed by atoms with Crippen LogP contribution < -0.4 is 0 Å². The van der Waals surface area contributed by atoms with Crippen molar-refractivity contribution in [3.63, 3.8) is 0 Å². The van der Waals surface area contributed by atoms with Crippen molar-refractivity contribution in [1.82, 2.24) is 9.13 Å². The average molecular weight is 826 g/mol. The maximum absolute atomic E-state index is 15.0. The Morgan fingerprint density at radius 3 is 1.29 bits per heavy atom. The standard InChI is InChI=1S/C53H33F6N3/c1-31-11-15-33(16-12-31)35-19-23-48-42(25-35)40-7-3-5-9-46(40)61(48)50-27-37(39-22-21-38(52(54,55)56)29-45(39)53(57,58)59)28-51(44(50)30-60)62-47-10-6-4-8-41(47)43-26-36(20-24-49(43)62)34-17-13-32(2)14-18-34/h3-29H,1-2H3. The maximum Gasteiger partial charge on any atom is 0.417 e. The highest BCUT2D eigenvalue weighted by molar-refractivity contribution is 6.12. The van der Waals surface area contributed by atoms with E-state index in [1.165, 1.54) is 12.1 Å². The largest absolute Gasteiger partial charge is 0.417 e. The van der Waals surface area contributed by atoms with E-state index >= 15 is 0 Å². The highest BCUT2D eigenvalue weighted by atomic mass is 19.4. The molecule has 3 nitrogen and oxygen atoms in total. The van der Waals surface area contributed by atoms with E-state index in [2.05, 4.69) is 18.2 Å². The van der Waals surface area contributed by atoms with Gasteiger partial charge in [-0.3, -0.25) is 0 Å². The second kappa shape index (κ2) is 14.3. The summed E-state index contributed by atoms with van der Waals surface area (Å²) in [6.45, 7) is 4.03. The Labute approximate surface area is 351 Å². The first-order valence-electron chi connectivity index (χ1n) is 19.9. The maximum atomic E-state index is 15.0. The molecule has 0 radical (unpaired) electrons. The number of rotatable bonds is 5. The van der Waals surface area contributed by atoms with E-state index in [1.807, 2.05) is 144 Å². The van der Waals surface area contributed by atoms with Gasteiger partial charge in [0.2, 0.25) is 0 Å². The van der Waals surface area contributed by atoms with E-state index in [-0.39, 0.29) is 28.6 Å². The molecular weight excluding hydrogens is 793 g/mol. The molecule has 10 aromatic rings. The summed E-state index contributed by atoms with van der Waals surface area (Å²) in [7, 11) is 0. The van der Waals surface area contributed by atoms with Crippen molar-refractivity contribution >= 4 is 43.6 Å². The fourth-order valence-electron chi connectivity index (χ4n) is 8.76. The normalized spacial score (nSPS) is 12.2. The summed E-state index contributed by atoms with van der Waals surface area (Å²) in [6, 6.07) is 50.5. The fourth-order valence-corrected chi connectivity index (χ4v) is 8.76. The monoisotopic (exact) mass is 825 g/mol. The van der Waals surface area contributed by atoms with Gasteiger partial charge in [0.25, 0.3) is 0 Å². The minimum absolute atomic E-state index is 0.0144. The van der Waals surface area contributed by atoms with Gasteiger partial charge in [0.1, 0.15) is 11.6 Å². The Kier molecular flexibility index (Phi) is 8.89. The summed E-state index contributed by atoms with van der Waals surface area (Å²) >= 11 is 0. The highest BCUT2D eigenvalue weighted by Gasteiger charge is 2.39. The quantitative estimate of drug-likeness (QED) is 0.159.